The predicted octanol–water partition coefficient (Wildman–Crippen LogP) is 3.78. The second-order valence-corrected chi connectivity index (χ2v) is 4.72. The summed E-state index contributed by atoms with van der Waals surface area (Å²) in [6, 6.07) is 10.4. The SMILES string of the molecule is C1=CC[C]([Ti][NH]c2ccccc2)=C1.Cl.Cl. The number of hydrogen-bond acceptors (Lipinski definition) is 1. The van der Waals surface area contributed by atoms with Gasteiger partial charge in [-0.3, -0.25) is 0 Å². The minimum atomic E-state index is -0.140. The molecule has 1 aromatic rings. The van der Waals surface area contributed by atoms with Crippen LogP contribution in [0.2, 0.25) is 0 Å². The molecule has 15 heavy (non-hydrogen) atoms. The van der Waals surface area contributed by atoms with Crippen LogP contribution in [-0.4, -0.2) is 0 Å². The molecule has 4 heteroatoms. The van der Waals surface area contributed by atoms with E-state index in [1.54, 1.807) is 3.88 Å². The molecule has 1 aromatic carbocycles. The number of para-hydroxylation sites is 1. The first-order valence-corrected chi connectivity index (χ1v) is 5.94. The Balaban J connectivity index is 0.000000980. The molecule has 0 unspecified atom stereocenters. The fourth-order valence-electron chi connectivity index (χ4n) is 1.21. The average molecular weight is 278 g/mol. The Kier molecular flexibility index (Phi) is 7.90. The Morgan fingerprint density at radius 1 is 1.07 bits per heavy atom. The molecule has 0 radical (unpaired) electrons. The van der Waals surface area contributed by atoms with Crippen LogP contribution in [0, 0.1) is 0 Å². The Bertz CT molecular complexity index is 336. The molecule has 0 saturated carbocycles. The van der Waals surface area contributed by atoms with Gasteiger partial charge >= 0.3 is 87.8 Å². The zero-order valence-electron chi connectivity index (χ0n) is 8.14. The van der Waals surface area contributed by atoms with Crippen LogP contribution in [0.1, 0.15) is 6.42 Å². The maximum Gasteiger partial charge on any atom is -0.147 e. The van der Waals surface area contributed by atoms with Crippen molar-refractivity contribution >= 4 is 30.5 Å². The van der Waals surface area contributed by atoms with Crippen LogP contribution in [-0.2, 0) is 19.4 Å². The molecule has 0 bridgehead atoms. The summed E-state index contributed by atoms with van der Waals surface area (Å²) in [5.74, 6) is 0. The van der Waals surface area contributed by atoms with Gasteiger partial charge in [0.1, 0.15) is 0 Å². The summed E-state index contributed by atoms with van der Waals surface area (Å²) >= 11 is -0.140. The minimum absolute atomic E-state index is 0. The van der Waals surface area contributed by atoms with Crippen LogP contribution in [0.5, 0.6) is 0 Å². The standard InChI is InChI=1S/C6H6N.C5H5.2ClH.Ti/c7-6-4-2-1-3-5-6;1-2-4-5-3-1;;;/h1-5,7H;1-3H,4H2;2*1H;/q-1;;;;+1. The van der Waals surface area contributed by atoms with E-state index in [1.807, 2.05) is 6.07 Å². The molecule has 0 atom stereocenters. The van der Waals surface area contributed by atoms with Crippen LogP contribution >= 0.6 is 24.8 Å². The zero-order valence-corrected chi connectivity index (χ0v) is 11.3. The molecule has 1 aliphatic rings. The van der Waals surface area contributed by atoms with Gasteiger partial charge in [-0.25, -0.2) is 0 Å². The summed E-state index contributed by atoms with van der Waals surface area (Å²) in [5, 5.41) is 0. The van der Waals surface area contributed by atoms with E-state index in [9.17, 15) is 0 Å². The van der Waals surface area contributed by atoms with Crippen LogP contribution in [0.3, 0.4) is 0 Å². The number of nitrogens with one attached hydrogen (secondary N) is 1. The van der Waals surface area contributed by atoms with Gasteiger partial charge in [-0.15, -0.1) is 24.8 Å². The maximum atomic E-state index is 3.50. The molecule has 0 aliphatic heterocycles. The molecule has 1 aliphatic carbocycles. The van der Waals surface area contributed by atoms with Crippen molar-refractivity contribution in [3.63, 3.8) is 0 Å². The summed E-state index contributed by atoms with van der Waals surface area (Å²) in [6.45, 7) is 0. The minimum Gasteiger partial charge on any atom is -0.147 e. The normalized spacial score (nSPS) is 12.1. The van der Waals surface area contributed by atoms with E-state index >= 15 is 0 Å². The van der Waals surface area contributed by atoms with Gasteiger partial charge in [0.15, 0.2) is 0 Å². The van der Waals surface area contributed by atoms with Crippen molar-refractivity contribution in [1.29, 1.82) is 0 Å². The van der Waals surface area contributed by atoms with Gasteiger partial charge in [-0.05, 0) is 0 Å². The third kappa shape index (κ3) is 4.90. The third-order valence-corrected chi connectivity index (χ3v) is 3.64. The second kappa shape index (κ2) is 8.01. The van der Waals surface area contributed by atoms with Crippen molar-refractivity contribution in [2.24, 2.45) is 0 Å². The summed E-state index contributed by atoms with van der Waals surface area (Å²) in [7, 11) is 0. The average Bonchev–Trinajstić information content (AvgIpc) is 2.69. The molecular weight excluding hydrogens is 265 g/mol. The molecule has 1 nitrogen and oxygen atoms in total. The van der Waals surface area contributed by atoms with Crippen LogP contribution in [0.4, 0.5) is 5.69 Å². The quantitative estimate of drug-likeness (QED) is 0.829. The molecule has 0 heterocycles. The predicted molar refractivity (Wildman–Crippen MR) is 66.4 cm³/mol. The van der Waals surface area contributed by atoms with E-state index in [0.717, 1.165) is 6.42 Å². The van der Waals surface area contributed by atoms with Gasteiger partial charge in [0.2, 0.25) is 0 Å². The number of benzene rings is 1. The number of anilines is 1. The summed E-state index contributed by atoms with van der Waals surface area (Å²) in [6.07, 6.45) is 7.74. The van der Waals surface area contributed by atoms with Crippen LogP contribution in [0.25, 0.3) is 0 Å². The van der Waals surface area contributed by atoms with Crippen molar-refractivity contribution in [3.05, 3.63) is 52.4 Å². The molecule has 0 spiro atoms. The molecule has 0 fully saturated rings. The second-order valence-electron chi connectivity index (χ2n) is 2.94. The van der Waals surface area contributed by atoms with Crippen LogP contribution < -0.4 is 3.80 Å². The van der Waals surface area contributed by atoms with Crippen molar-refractivity contribution in [2.75, 3.05) is 3.80 Å². The topological polar surface area (TPSA) is 12.0 Å². The van der Waals surface area contributed by atoms with E-state index in [4.69, 9.17) is 0 Å². The largest absolute Gasteiger partial charge is 0.147 e. The van der Waals surface area contributed by atoms with E-state index < -0.39 is 0 Å². The van der Waals surface area contributed by atoms with E-state index in [1.165, 1.54) is 5.69 Å². The number of rotatable bonds is 3. The Morgan fingerprint density at radius 3 is 2.40 bits per heavy atom. The smallest absolute Gasteiger partial charge is 0.147 e. The Morgan fingerprint density at radius 2 is 1.80 bits per heavy atom. The molecule has 0 saturated heterocycles. The fourth-order valence-corrected chi connectivity index (χ4v) is 2.57. The first kappa shape index (κ1) is 14.8. The van der Waals surface area contributed by atoms with Gasteiger partial charge in [0.05, 0.1) is 0 Å². The van der Waals surface area contributed by atoms with Gasteiger partial charge < -0.3 is 0 Å². The Hall–Kier alpha value is -0.206. The van der Waals surface area contributed by atoms with E-state index in [-0.39, 0.29) is 44.2 Å². The molecular formula is C11H13Cl2NTi. The monoisotopic (exact) mass is 277 g/mol. The maximum absolute atomic E-state index is 3.50. The van der Waals surface area contributed by atoms with E-state index in [0.29, 0.717) is 0 Å². The molecule has 1 N–H and O–H groups in total. The first-order chi connectivity index (χ1) is 6.45. The molecule has 0 aromatic heterocycles. The third-order valence-electron chi connectivity index (χ3n) is 1.91. The fraction of sp³-hybridized carbons (Fsp3) is 0.0909. The van der Waals surface area contributed by atoms with Crippen molar-refractivity contribution < 1.29 is 19.4 Å². The first-order valence-electron chi connectivity index (χ1n) is 4.38. The molecule has 2 rings (SSSR count). The zero-order chi connectivity index (χ0) is 8.93. The van der Waals surface area contributed by atoms with Crippen LogP contribution in [0.15, 0.2) is 52.4 Å². The van der Waals surface area contributed by atoms with Gasteiger partial charge in [0.25, 0.3) is 0 Å². The van der Waals surface area contributed by atoms with Crippen molar-refractivity contribution in [1.82, 2.24) is 0 Å². The van der Waals surface area contributed by atoms with Crippen molar-refractivity contribution in [3.8, 4) is 0 Å². The Labute approximate surface area is 112 Å². The van der Waals surface area contributed by atoms with Gasteiger partial charge in [-0.2, -0.15) is 0 Å². The van der Waals surface area contributed by atoms with Gasteiger partial charge in [0, 0.05) is 0 Å². The number of halogens is 2. The van der Waals surface area contributed by atoms with Crippen molar-refractivity contribution in [2.45, 2.75) is 6.42 Å². The summed E-state index contributed by atoms with van der Waals surface area (Å²) in [4.78, 5) is 0. The van der Waals surface area contributed by atoms with E-state index in [2.05, 4.69) is 46.3 Å². The summed E-state index contributed by atoms with van der Waals surface area (Å²) in [5.41, 5.74) is 1.25. The number of hydrogen-bond donors (Lipinski definition) is 1. The molecule has 0 amide bonds. The number of allylic oxidation sites excluding steroid dienone is 4. The summed E-state index contributed by atoms with van der Waals surface area (Å²) < 4.78 is 5.08. The van der Waals surface area contributed by atoms with Gasteiger partial charge in [-0.1, -0.05) is 0 Å². The molecule has 80 valence electrons.